The minimum absolute atomic E-state index is 0.343. The fourth-order valence-electron chi connectivity index (χ4n) is 3.90. The van der Waals surface area contributed by atoms with E-state index in [1.54, 1.807) is 0 Å². The highest BCUT2D eigenvalue weighted by atomic mass is 14.9. The van der Waals surface area contributed by atoms with Gasteiger partial charge in [-0.2, -0.15) is 5.26 Å². The van der Waals surface area contributed by atoms with Crippen molar-refractivity contribution >= 4 is 5.82 Å². The summed E-state index contributed by atoms with van der Waals surface area (Å²) in [5.74, 6) is 0.792. The van der Waals surface area contributed by atoms with Gasteiger partial charge in [-0.3, -0.25) is 0 Å². The molecule has 0 fully saturated rings. The number of anilines is 1. The Bertz CT molecular complexity index is 964. The summed E-state index contributed by atoms with van der Waals surface area (Å²) in [5.41, 5.74) is 12.2. The number of hydrogen-bond acceptors (Lipinski definition) is 3. The van der Waals surface area contributed by atoms with Gasteiger partial charge in [-0.25, -0.2) is 4.98 Å². The second-order valence-corrected chi connectivity index (χ2v) is 6.64. The summed E-state index contributed by atoms with van der Waals surface area (Å²) in [4.78, 5) is 4.56. The maximum absolute atomic E-state index is 9.69. The third kappa shape index (κ3) is 2.58. The lowest BCUT2D eigenvalue weighted by Crippen LogP contribution is -2.18. The molecule has 0 radical (unpaired) electrons. The van der Waals surface area contributed by atoms with Gasteiger partial charge in [0.15, 0.2) is 0 Å². The van der Waals surface area contributed by atoms with Crippen LogP contribution in [0.15, 0.2) is 48.7 Å². The van der Waals surface area contributed by atoms with E-state index in [2.05, 4.69) is 35.3 Å². The molecule has 0 aliphatic heterocycles. The fourth-order valence-corrected chi connectivity index (χ4v) is 3.90. The lowest BCUT2D eigenvalue weighted by Gasteiger charge is -2.27. The molecule has 0 saturated heterocycles. The Morgan fingerprint density at radius 2 is 2.00 bits per heavy atom. The van der Waals surface area contributed by atoms with E-state index in [1.165, 1.54) is 11.1 Å². The number of hydrogen-bond donors (Lipinski definition) is 1. The Labute approximate surface area is 147 Å². The van der Waals surface area contributed by atoms with Gasteiger partial charge in [0.2, 0.25) is 0 Å². The molecule has 2 heterocycles. The predicted molar refractivity (Wildman–Crippen MR) is 99.0 cm³/mol. The molecule has 1 atom stereocenters. The monoisotopic (exact) mass is 328 g/mol. The highest BCUT2D eigenvalue weighted by molar-refractivity contribution is 5.78. The summed E-state index contributed by atoms with van der Waals surface area (Å²) in [6, 6.07) is 16.9. The zero-order valence-corrected chi connectivity index (χ0v) is 14.2. The summed E-state index contributed by atoms with van der Waals surface area (Å²) < 4.78 is 2.04. The molecule has 3 aromatic rings. The molecular formula is C21H20N4. The molecule has 0 amide bonds. The molecule has 1 aliphatic rings. The van der Waals surface area contributed by atoms with Crippen LogP contribution in [0.3, 0.4) is 0 Å². The second kappa shape index (κ2) is 6.10. The fraction of sp³-hybridized carbons (Fsp3) is 0.238. The summed E-state index contributed by atoms with van der Waals surface area (Å²) in [6.07, 6.45) is 4.84. The first-order valence-corrected chi connectivity index (χ1v) is 8.57. The number of rotatable bonds is 2. The van der Waals surface area contributed by atoms with Gasteiger partial charge in [0, 0.05) is 30.2 Å². The SMILES string of the molecule is Cn1cccc1-c1c(C#N)c(N)nc2c1CC(c1ccccc1)CC2. The zero-order valence-electron chi connectivity index (χ0n) is 14.2. The van der Waals surface area contributed by atoms with Gasteiger partial charge >= 0.3 is 0 Å². The summed E-state index contributed by atoms with van der Waals surface area (Å²) in [7, 11) is 2.00. The van der Waals surface area contributed by atoms with Crippen LogP contribution >= 0.6 is 0 Å². The van der Waals surface area contributed by atoms with Gasteiger partial charge in [-0.15, -0.1) is 0 Å². The lowest BCUT2D eigenvalue weighted by atomic mass is 9.79. The van der Waals surface area contributed by atoms with E-state index < -0.39 is 0 Å². The van der Waals surface area contributed by atoms with Crippen molar-refractivity contribution in [3.05, 3.63) is 71.0 Å². The number of nitrogens with two attached hydrogens (primary N) is 1. The van der Waals surface area contributed by atoms with Gasteiger partial charge < -0.3 is 10.3 Å². The van der Waals surface area contributed by atoms with E-state index in [1.807, 2.05) is 36.0 Å². The van der Waals surface area contributed by atoms with Crippen LogP contribution in [0.5, 0.6) is 0 Å². The smallest absolute Gasteiger partial charge is 0.142 e. The molecule has 1 unspecified atom stereocenters. The quantitative estimate of drug-likeness (QED) is 0.777. The van der Waals surface area contributed by atoms with Crippen molar-refractivity contribution in [2.75, 3.05) is 5.73 Å². The minimum atomic E-state index is 0.343. The molecule has 4 rings (SSSR count). The van der Waals surface area contributed by atoms with Crippen LogP contribution in [0.1, 0.15) is 34.7 Å². The Balaban J connectivity index is 1.89. The molecule has 2 aromatic heterocycles. The first-order chi connectivity index (χ1) is 12.2. The third-order valence-corrected chi connectivity index (χ3v) is 5.17. The molecule has 0 spiro atoms. The molecule has 0 bridgehead atoms. The van der Waals surface area contributed by atoms with Crippen LogP contribution in [-0.2, 0) is 19.9 Å². The van der Waals surface area contributed by atoms with E-state index in [0.717, 1.165) is 36.2 Å². The molecule has 1 aliphatic carbocycles. The van der Waals surface area contributed by atoms with Gasteiger partial charge in [0.1, 0.15) is 17.5 Å². The third-order valence-electron chi connectivity index (χ3n) is 5.17. The van der Waals surface area contributed by atoms with E-state index >= 15 is 0 Å². The average Bonchev–Trinajstić information content (AvgIpc) is 3.06. The second-order valence-electron chi connectivity index (χ2n) is 6.64. The molecule has 124 valence electrons. The van der Waals surface area contributed by atoms with Crippen molar-refractivity contribution in [3.63, 3.8) is 0 Å². The number of aromatic nitrogens is 2. The van der Waals surface area contributed by atoms with Crippen LogP contribution in [0, 0.1) is 11.3 Å². The maximum Gasteiger partial charge on any atom is 0.142 e. The van der Waals surface area contributed by atoms with E-state index in [-0.39, 0.29) is 0 Å². The number of nitrogens with zero attached hydrogens (tertiary/aromatic N) is 3. The lowest BCUT2D eigenvalue weighted by molar-refractivity contribution is 0.575. The van der Waals surface area contributed by atoms with Crippen LogP contribution < -0.4 is 5.73 Å². The number of benzene rings is 1. The van der Waals surface area contributed by atoms with Crippen molar-refractivity contribution in [2.45, 2.75) is 25.2 Å². The van der Waals surface area contributed by atoms with E-state index in [4.69, 9.17) is 5.73 Å². The van der Waals surface area contributed by atoms with Gasteiger partial charge in [-0.05, 0) is 48.4 Å². The van der Waals surface area contributed by atoms with Crippen molar-refractivity contribution in [2.24, 2.45) is 7.05 Å². The van der Waals surface area contributed by atoms with Crippen LogP contribution in [0.25, 0.3) is 11.3 Å². The zero-order chi connectivity index (χ0) is 17.4. The number of nitrogen functional groups attached to an aromatic ring is 1. The summed E-state index contributed by atoms with van der Waals surface area (Å²) in [5, 5.41) is 9.69. The highest BCUT2D eigenvalue weighted by Crippen LogP contribution is 2.40. The minimum Gasteiger partial charge on any atom is -0.383 e. The van der Waals surface area contributed by atoms with Crippen LogP contribution in [-0.4, -0.2) is 9.55 Å². The first-order valence-electron chi connectivity index (χ1n) is 8.57. The number of pyridine rings is 1. The van der Waals surface area contributed by atoms with E-state index in [9.17, 15) is 5.26 Å². The molecule has 1 aromatic carbocycles. The van der Waals surface area contributed by atoms with Crippen molar-refractivity contribution in [1.29, 1.82) is 5.26 Å². The van der Waals surface area contributed by atoms with Crippen molar-refractivity contribution in [3.8, 4) is 17.3 Å². The average molecular weight is 328 g/mol. The Morgan fingerprint density at radius 3 is 2.68 bits per heavy atom. The predicted octanol–water partition coefficient (Wildman–Crippen LogP) is 3.81. The van der Waals surface area contributed by atoms with Crippen molar-refractivity contribution in [1.82, 2.24) is 9.55 Å². The van der Waals surface area contributed by atoms with E-state index in [0.29, 0.717) is 17.3 Å². The van der Waals surface area contributed by atoms with Gasteiger partial charge in [-0.1, -0.05) is 30.3 Å². The molecule has 0 saturated carbocycles. The topological polar surface area (TPSA) is 67.6 Å². The maximum atomic E-state index is 9.69. The highest BCUT2D eigenvalue weighted by Gasteiger charge is 2.28. The summed E-state index contributed by atoms with van der Waals surface area (Å²) >= 11 is 0. The molecule has 2 N–H and O–H groups in total. The molecule has 4 nitrogen and oxygen atoms in total. The normalized spacial score (nSPS) is 16.2. The molecule has 4 heteroatoms. The van der Waals surface area contributed by atoms with Gasteiger partial charge in [0.05, 0.1) is 0 Å². The Kier molecular flexibility index (Phi) is 3.77. The molecule has 25 heavy (non-hydrogen) atoms. The van der Waals surface area contributed by atoms with Crippen LogP contribution in [0.2, 0.25) is 0 Å². The van der Waals surface area contributed by atoms with Crippen molar-refractivity contribution < 1.29 is 0 Å². The number of nitriles is 1. The Hall–Kier alpha value is -3.06. The first kappa shape index (κ1) is 15.5. The number of fused-ring (bicyclic) bond motifs is 1. The number of aryl methyl sites for hydroxylation is 2. The molecular weight excluding hydrogens is 308 g/mol. The van der Waals surface area contributed by atoms with Gasteiger partial charge in [0.25, 0.3) is 0 Å². The standard InChI is InChI=1S/C21H20N4/c1-25-11-5-8-19(25)20-16-12-15(14-6-3-2-4-7-14)9-10-18(16)24-21(23)17(20)13-22/h2-8,11,15H,9-10,12H2,1H3,(H2,23,24). The van der Waals surface area contributed by atoms with Crippen LogP contribution in [0.4, 0.5) is 5.82 Å². The Morgan fingerprint density at radius 1 is 1.20 bits per heavy atom. The largest absolute Gasteiger partial charge is 0.383 e. The summed E-state index contributed by atoms with van der Waals surface area (Å²) in [6.45, 7) is 0.